The lowest BCUT2D eigenvalue weighted by molar-refractivity contribution is -0.123. The first-order chi connectivity index (χ1) is 12.7. The molecule has 2 aromatic rings. The zero-order chi connectivity index (χ0) is 18.4. The van der Waals surface area contributed by atoms with Gasteiger partial charge < -0.3 is 20.1 Å². The van der Waals surface area contributed by atoms with Crippen LogP contribution in [0.3, 0.4) is 0 Å². The van der Waals surface area contributed by atoms with Crippen LogP contribution >= 0.6 is 0 Å². The second-order valence-electron chi connectivity index (χ2n) is 5.99. The Bertz CT molecular complexity index is 804. The Hall–Kier alpha value is -3.02. The van der Waals surface area contributed by atoms with Crippen molar-refractivity contribution in [1.82, 2.24) is 5.32 Å². The molecule has 0 fully saturated rings. The van der Waals surface area contributed by atoms with Crippen LogP contribution < -0.4 is 20.1 Å². The fourth-order valence-electron chi connectivity index (χ4n) is 2.77. The summed E-state index contributed by atoms with van der Waals surface area (Å²) in [7, 11) is 0. The van der Waals surface area contributed by atoms with Crippen LogP contribution in [0.15, 0.2) is 42.5 Å². The van der Waals surface area contributed by atoms with Crippen LogP contribution in [-0.2, 0) is 22.4 Å². The van der Waals surface area contributed by atoms with Crippen LogP contribution in [0.4, 0.5) is 5.69 Å². The molecule has 0 atom stereocenters. The zero-order valence-electron chi connectivity index (χ0n) is 14.7. The monoisotopic (exact) mass is 354 g/mol. The maximum Gasteiger partial charge on any atom is 0.243 e. The number of nitrogens with one attached hydrogen (secondary N) is 2. The van der Waals surface area contributed by atoms with Crippen molar-refractivity contribution < 1.29 is 19.1 Å². The largest absolute Gasteiger partial charge is 0.486 e. The molecular weight excluding hydrogens is 332 g/mol. The molecule has 6 heteroatoms. The van der Waals surface area contributed by atoms with Crippen molar-refractivity contribution in [1.29, 1.82) is 0 Å². The second-order valence-corrected chi connectivity index (χ2v) is 5.99. The van der Waals surface area contributed by atoms with Gasteiger partial charge in [0.2, 0.25) is 11.8 Å². The van der Waals surface area contributed by atoms with Gasteiger partial charge in [-0.25, -0.2) is 0 Å². The average molecular weight is 354 g/mol. The third kappa shape index (κ3) is 4.53. The Morgan fingerprint density at radius 1 is 1.00 bits per heavy atom. The number of anilines is 1. The Kier molecular flexibility index (Phi) is 5.73. The van der Waals surface area contributed by atoms with Crippen molar-refractivity contribution in [3.05, 3.63) is 53.6 Å². The lowest BCUT2D eigenvalue weighted by Crippen LogP contribution is -2.34. The number of carbonyl (C=O) groups excluding carboxylic acids is 2. The molecule has 1 aliphatic rings. The van der Waals surface area contributed by atoms with Crippen LogP contribution in [0.2, 0.25) is 0 Å². The highest BCUT2D eigenvalue weighted by atomic mass is 16.6. The number of para-hydroxylation sites is 1. The lowest BCUT2D eigenvalue weighted by atomic mass is 10.1. The van der Waals surface area contributed by atoms with E-state index in [4.69, 9.17) is 9.47 Å². The van der Waals surface area contributed by atoms with Gasteiger partial charge in [0, 0.05) is 5.69 Å². The average Bonchev–Trinajstić information content (AvgIpc) is 2.67. The van der Waals surface area contributed by atoms with E-state index in [-0.39, 0.29) is 24.8 Å². The molecule has 2 amide bonds. The molecule has 2 aromatic carbocycles. The van der Waals surface area contributed by atoms with Gasteiger partial charge in [0.15, 0.2) is 11.5 Å². The Labute approximate surface area is 152 Å². The van der Waals surface area contributed by atoms with Crippen molar-refractivity contribution in [2.45, 2.75) is 19.8 Å². The number of hydrogen-bond donors (Lipinski definition) is 2. The highest BCUT2D eigenvalue weighted by molar-refractivity contribution is 5.95. The first-order valence-corrected chi connectivity index (χ1v) is 8.68. The van der Waals surface area contributed by atoms with Crippen molar-refractivity contribution in [2.75, 3.05) is 25.1 Å². The highest BCUT2D eigenvalue weighted by Gasteiger charge is 2.14. The summed E-state index contributed by atoms with van der Waals surface area (Å²) in [4.78, 5) is 24.2. The van der Waals surface area contributed by atoms with E-state index < -0.39 is 0 Å². The topological polar surface area (TPSA) is 76.7 Å². The summed E-state index contributed by atoms with van der Waals surface area (Å²) in [5, 5.41) is 5.48. The maximum absolute atomic E-state index is 12.1. The van der Waals surface area contributed by atoms with Gasteiger partial charge in [-0.15, -0.1) is 0 Å². The van der Waals surface area contributed by atoms with Crippen LogP contribution in [0.5, 0.6) is 11.5 Å². The quantitative estimate of drug-likeness (QED) is 0.835. The summed E-state index contributed by atoms with van der Waals surface area (Å²) in [6.07, 6.45) is 1.00. The molecule has 0 aliphatic carbocycles. The molecule has 0 aromatic heterocycles. The van der Waals surface area contributed by atoms with E-state index in [1.54, 1.807) is 12.1 Å². The number of benzene rings is 2. The van der Waals surface area contributed by atoms with Crippen molar-refractivity contribution in [3.63, 3.8) is 0 Å². The molecule has 3 rings (SSSR count). The molecule has 0 radical (unpaired) electrons. The number of amides is 2. The zero-order valence-corrected chi connectivity index (χ0v) is 14.7. The molecule has 0 saturated carbocycles. The first kappa shape index (κ1) is 17.8. The maximum atomic E-state index is 12.1. The molecule has 1 heterocycles. The lowest BCUT2D eigenvalue weighted by Gasteiger charge is -2.18. The summed E-state index contributed by atoms with van der Waals surface area (Å²) in [5.74, 6) is 0.867. The molecule has 26 heavy (non-hydrogen) atoms. The SMILES string of the molecule is CCc1ccccc1NC(=O)CNC(=O)Cc1ccc2c(c1)OCCO2. The molecule has 2 N–H and O–H groups in total. The number of aryl methyl sites for hydroxylation is 1. The normalized spacial score (nSPS) is 12.3. The molecule has 0 saturated heterocycles. The fraction of sp³-hybridized carbons (Fsp3) is 0.300. The molecule has 6 nitrogen and oxygen atoms in total. The Morgan fingerprint density at radius 3 is 2.58 bits per heavy atom. The summed E-state index contributed by atoms with van der Waals surface area (Å²) < 4.78 is 11.0. The third-order valence-corrected chi connectivity index (χ3v) is 4.09. The summed E-state index contributed by atoms with van der Waals surface area (Å²) in [6.45, 7) is 2.99. The second kappa shape index (κ2) is 8.38. The summed E-state index contributed by atoms with van der Waals surface area (Å²) in [6, 6.07) is 13.0. The minimum Gasteiger partial charge on any atom is -0.486 e. The summed E-state index contributed by atoms with van der Waals surface area (Å²) in [5.41, 5.74) is 2.65. The molecule has 1 aliphatic heterocycles. The van der Waals surface area contributed by atoms with Gasteiger partial charge in [-0.05, 0) is 35.7 Å². The Balaban J connectivity index is 1.50. The van der Waals surface area contributed by atoms with E-state index in [9.17, 15) is 9.59 Å². The number of rotatable bonds is 6. The number of fused-ring (bicyclic) bond motifs is 1. The van der Waals surface area contributed by atoms with Crippen LogP contribution in [0.25, 0.3) is 0 Å². The number of carbonyl (C=O) groups is 2. The minimum absolute atomic E-state index is 0.0680. The van der Waals surface area contributed by atoms with E-state index in [1.165, 1.54) is 0 Å². The van der Waals surface area contributed by atoms with Gasteiger partial charge in [0.05, 0.1) is 13.0 Å². The van der Waals surface area contributed by atoms with E-state index in [0.717, 1.165) is 23.2 Å². The van der Waals surface area contributed by atoms with Crippen molar-refractivity contribution in [2.24, 2.45) is 0 Å². The standard InChI is InChI=1S/C20H22N2O4/c1-2-15-5-3-4-6-16(15)22-20(24)13-21-19(23)12-14-7-8-17-18(11-14)26-10-9-25-17/h3-8,11H,2,9-10,12-13H2,1H3,(H,21,23)(H,22,24). The fourth-order valence-corrected chi connectivity index (χ4v) is 2.77. The van der Waals surface area contributed by atoms with Gasteiger partial charge in [-0.1, -0.05) is 31.2 Å². The van der Waals surface area contributed by atoms with E-state index in [2.05, 4.69) is 10.6 Å². The first-order valence-electron chi connectivity index (χ1n) is 8.68. The van der Waals surface area contributed by atoms with Gasteiger partial charge in [0.25, 0.3) is 0 Å². The van der Waals surface area contributed by atoms with Gasteiger partial charge in [0.1, 0.15) is 13.2 Å². The predicted molar refractivity (Wildman–Crippen MR) is 98.6 cm³/mol. The van der Waals surface area contributed by atoms with Gasteiger partial charge in [-0.3, -0.25) is 9.59 Å². The minimum atomic E-state index is -0.249. The molecule has 0 unspecified atom stereocenters. The molecule has 136 valence electrons. The number of hydrogen-bond acceptors (Lipinski definition) is 4. The van der Waals surface area contributed by atoms with E-state index in [0.29, 0.717) is 24.7 Å². The van der Waals surface area contributed by atoms with Crippen LogP contribution in [0.1, 0.15) is 18.1 Å². The number of ether oxygens (including phenoxy) is 2. The van der Waals surface area contributed by atoms with Crippen LogP contribution in [0, 0.1) is 0 Å². The predicted octanol–water partition coefficient (Wildman–Crippen LogP) is 2.32. The van der Waals surface area contributed by atoms with Crippen molar-refractivity contribution in [3.8, 4) is 11.5 Å². The van der Waals surface area contributed by atoms with Crippen molar-refractivity contribution >= 4 is 17.5 Å². The molecule has 0 spiro atoms. The van der Waals surface area contributed by atoms with Gasteiger partial charge in [-0.2, -0.15) is 0 Å². The third-order valence-electron chi connectivity index (χ3n) is 4.09. The Morgan fingerprint density at radius 2 is 1.77 bits per heavy atom. The van der Waals surface area contributed by atoms with Gasteiger partial charge >= 0.3 is 0 Å². The van der Waals surface area contributed by atoms with E-state index in [1.807, 2.05) is 37.3 Å². The van der Waals surface area contributed by atoms with E-state index >= 15 is 0 Å². The molecule has 0 bridgehead atoms. The molecular formula is C20H22N2O4. The van der Waals surface area contributed by atoms with Crippen LogP contribution in [-0.4, -0.2) is 31.6 Å². The highest BCUT2D eigenvalue weighted by Crippen LogP contribution is 2.30. The summed E-state index contributed by atoms with van der Waals surface area (Å²) >= 11 is 0. The smallest absolute Gasteiger partial charge is 0.243 e.